The van der Waals surface area contributed by atoms with Crippen LogP contribution < -0.4 is 24.6 Å². The fourth-order valence-corrected chi connectivity index (χ4v) is 4.75. The van der Waals surface area contributed by atoms with Crippen LogP contribution in [0.1, 0.15) is 22.0 Å². The lowest BCUT2D eigenvalue weighted by atomic mass is 10.0. The van der Waals surface area contributed by atoms with Gasteiger partial charge in [0.2, 0.25) is 0 Å². The van der Waals surface area contributed by atoms with Crippen molar-refractivity contribution in [1.82, 2.24) is 10.2 Å². The van der Waals surface area contributed by atoms with Crippen molar-refractivity contribution in [2.45, 2.75) is 6.04 Å². The van der Waals surface area contributed by atoms with Crippen molar-refractivity contribution < 1.29 is 18.7 Å². The first kappa shape index (κ1) is 26.3. The maximum Gasteiger partial charge on any atom is 0.258 e. The summed E-state index contributed by atoms with van der Waals surface area (Å²) in [4.78, 5) is 20.0. The molecule has 1 aliphatic rings. The highest BCUT2D eigenvalue weighted by atomic mass is 19.1. The molecular formula is C29H35FN4O3. The number of nitrogens with zero attached hydrogens (tertiary/aromatic N) is 3. The van der Waals surface area contributed by atoms with Crippen LogP contribution >= 0.6 is 0 Å². The van der Waals surface area contributed by atoms with Gasteiger partial charge in [-0.1, -0.05) is 18.2 Å². The van der Waals surface area contributed by atoms with Gasteiger partial charge >= 0.3 is 0 Å². The normalized spacial score (nSPS) is 14.7. The molecule has 7 nitrogen and oxygen atoms in total. The van der Waals surface area contributed by atoms with Crippen LogP contribution in [0.4, 0.5) is 15.8 Å². The van der Waals surface area contributed by atoms with Crippen LogP contribution in [0, 0.1) is 5.82 Å². The van der Waals surface area contributed by atoms with E-state index >= 15 is 0 Å². The van der Waals surface area contributed by atoms with E-state index in [0.717, 1.165) is 43.1 Å². The molecular weight excluding hydrogens is 471 g/mol. The molecule has 1 saturated heterocycles. The molecule has 0 radical (unpaired) electrons. The number of benzene rings is 3. The Bertz CT molecular complexity index is 1150. The Morgan fingerprint density at radius 3 is 2.05 bits per heavy atom. The van der Waals surface area contributed by atoms with E-state index in [-0.39, 0.29) is 17.8 Å². The summed E-state index contributed by atoms with van der Waals surface area (Å²) in [6.07, 6.45) is 0. The van der Waals surface area contributed by atoms with Gasteiger partial charge in [0.1, 0.15) is 22.9 Å². The minimum Gasteiger partial charge on any atom is -0.496 e. The highest BCUT2D eigenvalue weighted by molar-refractivity contribution is 5.99. The van der Waals surface area contributed by atoms with E-state index in [0.29, 0.717) is 23.6 Å². The van der Waals surface area contributed by atoms with Gasteiger partial charge < -0.3 is 24.6 Å². The highest BCUT2D eigenvalue weighted by Gasteiger charge is 2.27. The summed E-state index contributed by atoms with van der Waals surface area (Å²) >= 11 is 0. The number of carbonyl (C=O) groups is 1. The summed E-state index contributed by atoms with van der Waals surface area (Å²) in [5.74, 6) is 0.466. The van der Waals surface area contributed by atoms with Gasteiger partial charge in [-0.3, -0.25) is 9.69 Å². The van der Waals surface area contributed by atoms with Gasteiger partial charge in [-0.15, -0.1) is 0 Å². The molecule has 3 aromatic rings. The van der Waals surface area contributed by atoms with Crippen molar-refractivity contribution in [2.24, 2.45) is 0 Å². The Labute approximate surface area is 218 Å². The molecule has 196 valence electrons. The van der Waals surface area contributed by atoms with Crippen LogP contribution in [0.3, 0.4) is 0 Å². The van der Waals surface area contributed by atoms with E-state index in [9.17, 15) is 9.18 Å². The van der Waals surface area contributed by atoms with Crippen LogP contribution in [0.25, 0.3) is 0 Å². The van der Waals surface area contributed by atoms with E-state index in [1.807, 2.05) is 26.2 Å². The van der Waals surface area contributed by atoms with Crippen molar-refractivity contribution in [3.8, 4) is 11.5 Å². The number of hydrogen-bond acceptors (Lipinski definition) is 6. The number of carbonyl (C=O) groups excluding carboxylic acids is 1. The molecule has 0 spiro atoms. The summed E-state index contributed by atoms with van der Waals surface area (Å²) in [6, 6.07) is 20.4. The molecule has 1 N–H and O–H groups in total. The van der Waals surface area contributed by atoms with E-state index in [4.69, 9.17) is 9.47 Å². The Morgan fingerprint density at radius 2 is 1.51 bits per heavy atom. The van der Waals surface area contributed by atoms with E-state index in [1.54, 1.807) is 32.4 Å². The number of anilines is 2. The number of methoxy groups -OCH3 is 2. The van der Waals surface area contributed by atoms with Crippen LogP contribution in [0.2, 0.25) is 0 Å². The summed E-state index contributed by atoms with van der Waals surface area (Å²) < 4.78 is 24.2. The van der Waals surface area contributed by atoms with Gasteiger partial charge in [-0.2, -0.15) is 0 Å². The lowest BCUT2D eigenvalue weighted by Gasteiger charge is -2.40. The molecule has 8 heteroatoms. The average Bonchev–Trinajstić information content (AvgIpc) is 2.93. The van der Waals surface area contributed by atoms with E-state index in [1.165, 1.54) is 12.1 Å². The smallest absolute Gasteiger partial charge is 0.258 e. The second-order valence-electron chi connectivity index (χ2n) is 9.25. The van der Waals surface area contributed by atoms with E-state index < -0.39 is 0 Å². The van der Waals surface area contributed by atoms with Crippen molar-refractivity contribution in [3.05, 3.63) is 83.7 Å². The Kier molecular flexibility index (Phi) is 8.50. The first-order chi connectivity index (χ1) is 17.9. The number of hydrogen-bond donors (Lipinski definition) is 1. The average molecular weight is 507 g/mol. The number of ether oxygens (including phenoxy) is 2. The molecule has 0 aliphatic carbocycles. The number of halogens is 1. The maximum atomic E-state index is 13.4. The predicted molar refractivity (Wildman–Crippen MR) is 146 cm³/mol. The zero-order valence-electron chi connectivity index (χ0n) is 21.9. The molecule has 1 unspecified atom stereocenters. The van der Waals surface area contributed by atoms with Crippen molar-refractivity contribution in [1.29, 1.82) is 0 Å². The lowest BCUT2D eigenvalue weighted by molar-refractivity contribution is 0.0924. The van der Waals surface area contributed by atoms with Crippen LogP contribution in [-0.2, 0) is 0 Å². The SMILES string of the molecule is COc1cccc(OC)c1C(=O)NCC(c1ccc(N(C)C)cc1)N1CCN(c2ccc(F)cc2)CC1. The number of rotatable bonds is 9. The predicted octanol–water partition coefficient (Wildman–Crippen LogP) is 4.20. The quantitative estimate of drug-likeness (QED) is 0.470. The highest BCUT2D eigenvalue weighted by Crippen LogP contribution is 2.29. The van der Waals surface area contributed by atoms with Crippen LogP contribution in [-0.4, -0.2) is 71.8 Å². The fraction of sp³-hybridized carbons (Fsp3) is 0.345. The second-order valence-corrected chi connectivity index (χ2v) is 9.25. The monoisotopic (exact) mass is 506 g/mol. The zero-order valence-corrected chi connectivity index (χ0v) is 21.9. The molecule has 3 aromatic carbocycles. The first-order valence-corrected chi connectivity index (χ1v) is 12.4. The van der Waals surface area contributed by atoms with Crippen molar-refractivity contribution in [2.75, 3.05) is 70.8 Å². The fourth-order valence-electron chi connectivity index (χ4n) is 4.75. The van der Waals surface area contributed by atoms with Gasteiger partial charge in [0.15, 0.2) is 0 Å². The van der Waals surface area contributed by atoms with Crippen LogP contribution in [0.15, 0.2) is 66.7 Å². The number of nitrogens with one attached hydrogen (secondary N) is 1. The molecule has 1 amide bonds. The topological polar surface area (TPSA) is 57.3 Å². The van der Waals surface area contributed by atoms with Gasteiger partial charge in [-0.05, 0) is 54.1 Å². The summed E-state index contributed by atoms with van der Waals surface area (Å²) in [7, 11) is 7.12. The molecule has 1 aliphatic heterocycles. The third-order valence-corrected chi connectivity index (χ3v) is 6.85. The summed E-state index contributed by atoms with van der Waals surface area (Å²) in [5.41, 5.74) is 3.65. The third-order valence-electron chi connectivity index (χ3n) is 6.85. The molecule has 1 heterocycles. The van der Waals surface area contributed by atoms with Gasteiger partial charge in [0.05, 0.1) is 20.3 Å². The second kappa shape index (κ2) is 12.0. The van der Waals surface area contributed by atoms with Gasteiger partial charge in [0.25, 0.3) is 5.91 Å². The third kappa shape index (κ3) is 6.14. The molecule has 0 saturated carbocycles. The lowest BCUT2D eigenvalue weighted by Crippen LogP contribution is -2.50. The van der Waals surface area contributed by atoms with E-state index in [2.05, 4.69) is 44.3 Å². The minimum atomic E-state index is -0.242. The molecule has 0 aromatic heterocycles. The Balaban J connectivity index is 1.52. The Morgan fingerprint density at radius 1 is 0.919 bits per heavy atom. The first-order valence-electron chi connectivity index (χ1n) is 12.4. The minimum absolute atomic E-state index is 0.0174. The molecule has 1 atom stereocenters. The summed E-state index contributed by atoms with van der Waals surface area (Å²) in [6.45, 7) is 3.67. The summed E-state index contributed by atoms with van der Waals surface area (Å²) in [5, 5.41) is 3.12. The van der Waals surface area contributed by atoms with Crippen molar-refractivity contribution >= 4 is 17.3 Å². The number of amides is 1. The Hall–Kier alpha value is -3.78. The number of piperazine rings is 1. The maximum absolute atomic E-state index is 13.4. The van der Waals surface area contributed by atoms with Gasteiger partial charge in [0, 0.05) is 58.2 Å². The molecule has 1 fully saturated rings. The molecule has 0 bridgehead atoms. The van der Waals surface area contributed by atoms with Crippen LogP contribution in [0.5, 0.6) is 11.5 Å². The standard InChI is InChI=1S/C29H35FN4O3/c1-32(2)23-12-8-21(9-13-23)25(20-31-29(35)28-26(36-3)6-5-7-27(28)37-4)34-18-16-33(17-19-34)24-14-10-22(30)11-15-24/h5-15,25H,16-20H2,1-4H3,(H,31,35). The van der Waals surface area contributed by atoms with Crippen molar-refractivity contribution in [3.63, 3.8) is 0 Å². The molecule has 37 heavy (non-hydrogen) atoms. The zero-order chi connectivity index (χ0) is 26.4. The molecule has 4 rings (SSSR count). The largest absolute Gasteiger partial charge is 0.496 e. The van der Waals surface area contributed by atoms with Gasteiger partial charge in [-0.25, -0.2) is 4.39 Å².